The number of pyridine rings is 1. The molecule has 0 spiro atoms. The van der Waals surface area contributed by atoms with Crippen LogP contribution in [0.4, 0.5) is 0 Å². The Morgan fingerprint density at radius 3 is 2.50 bits per heavy atom. The first-order valence-electron chi connectivity index (χ1n) is 5.36. The number of carbonyl (C=O) groups is 2. The summed E-state index contributed by atoms with van der Waals surface area (Å²) in [5.74, 6) is -1.49. The van der Waals surface area contributed by atoms with Crippen molar-refractivity contribution in [3.63, 3.8) is 0 Å². The van der Waals surface area contributed by atoms with E-state index in [-0.39, 0.29) is 17.1 Å². The molecule has 0 aliphatic heterocycles. The first-order chi connectivity index (χ1) is 8.23. The molecule has 1 aromatic heterocycles. The number of aliphatic carboxylic acids is 1. The van der Waals surface area contributed by atoms with Crippen molar-refractivity contribution in [1.82, 2.24) is 9.88 Å². The summed E-state index contributed by atoms with van der Waals surface area (Å²) in [6, 6.07) is 1.48. The van der Waals surface area contributed by atoms with E-state index in [1.165, 1.54) is 23.4 Å². The van der Waals surface area contributed by atoms with Crippen LogP contribution >= 0.6 is 11.6 Å². The second kappa shape index (κ2) is 5.35. The van der Waals surface area contributed by atoms with Crippen molar-refractivity contribution in [3.8, 4) is 0 Å². The van der Waals surface area contributed by atoms with Gasteiger partial charge in [-0.25, -0.2) is 0 Å². The molecule has 0 aromatic carbocycles. The van der Waals surface area contributed by atoms with Crippen LogP contribution in [0.25, 0.3) is 0 Å². The molecule has 1 heterocycles. The summed E-state index contributed by atoms with van der Waals surface area (Å²) < 4.78 is 0. The number of hydrogen-bond donors (Lipinski definition) is 1. The first kappa shape index (κ1) is 14.4. The SMILES string of the molecule is CC(C)(C)N(CC(=O)O)C(=O)c1ccncc1Cl. The second-order valence-electron chi connectivity index (χ2n) is 4.81. The molecule has 1 aromatic rings. The number of halogens is 1. The highest BCUT2D eigenvalue weighted by molar-refractivity contribution is 6.33. The molecule has 0 bridgehead atoms. The van der Waals surface area contributed by atoms with Gasteiger partial charge in [0.1, 0.15) is 6.54 Å². The second-order valence-corrected chi connectivity index (χ2v) is 5.22. The summed E-state index contributed by atoms with van der Waals surface area (Å²) in [5, 5.41) is 9.08. The summed E-state index contributed by atoms with van der Waals surface area (Å²) in [5.41, 5.74) is -0.356. The summed E-state index contributed by atoms with van der Waals surface area (Å²) in [7, 11) is 0. The van der Waals surface area contributed by atoms with Crippen LogP contribution in [0, 0.1) is 0 Å². The van der Waals surface area contributed by atoms with E-state index in [2.05, 4.69) is 4.98 Å². The highest BCUT2D eigenvalue weighted by Crippen LogP contribution is 2.21. The summed E-state index contributed by atoms with van der Waals surface area (Å²) in [6.07, 6.45) is 2.80. The van der Waals surface area contributed by atoms with Crippen LogP contribution in [0.3, 0.4) is 0 Å². The van der Waals surface area contributed by atoms with Gasteiger partial charge >= 0.3 is 5.97 Å². The fourth-order valence-corrected chi connectivity index (χ4v) is 1.64. The van der Waals surface area contributed by atoms with Gasteiger partial charge in [0.25, 0.3) is 5.91 Å². The van der Waals surface area contributed by atoms with E-state index < -0.39 is 17.4 Å². The average Bonchev–Trinajstić information content (AvgIpc) is 2.24. The lowest BCUT2D eigenvalue weighted by Crippen LogP contribution is -2.48. The van der Waals surface area contributed by atoms with Crippen molar-refractivity contribution in [2.24, 2.45) is 0 Å². The van der Waals surface area contributed by atoms with Crippen molar-refractivity contribution in [3.05, 3.63) is 29.0 Å². The molecule has 5 nitrogen and oxygen atoms in total. The van der Waals surface area contributed by atoms with Gasteiger partial charge in [-0.3, -0.25) is 14.6 Å². The number of rotatable bonds is 3. The van der Waals surface area contributed by atoms with Crippen LogP contribution in [0.2, 0.25) is 5.02 Å². The van der Waals surface area contributed by atoms with Crippen LogP contribution in [0.5, 0.6) is 0 Å². The summed E-state index contributed by atoms with van der Waals surface area (Å²) in [4.78, 5) is 28.2. The first-order valence-corrected chi connectivity index (χ1v) is 5.74. The number of aromatic nitrogens is 1. The molecular weight excluding hydrogens is 256 g/mol. The van der Waals surface area contributed by atoms with Gasteiger partial charge in [0.15, 0.2) is 0 Å². The molecular formula is C12H15ClN2O3. The van der Waals surface area contributed by atoms with Gasteiger partial charge in [-0.2, -0.15) is 0 Å². The Morgan fingerprint density at radius 2 is 2.06 bits per heavy atom. The number of nitrogens with zero attached hydrogens (tertiary/aromatic N) is 2. The number of carboxylic acids is 1. The lowest BCUT2D eigenvalue weighted by molar-refractivity contribution is -0.138. The largest absolute Gasteiger partial charge is 0.480 e. The molecule has 0 saturated carbocycles. The molecule has 6 heteroatoms. The van der Waals surface area contributed by atoms with Crippen molar-refractivity contribution >= 4 is 23.5 Å². The zero-order valence-corrected chi connectivity index (χ0v) is 11.2. The van der Waals surface area contributed by atoms with Gasteiger partial charge in [0.05, 0.1) is 10.6 Å². The minimum Gasteiger partial charge on any atom is -0.480 e. The van der Waals surface area contributed by atoms with Gasteiger partial charge in [0, 0.05) is 17.9 Å². The monoisotopic (exact) mass is 270 g/mol. The van der Waals surface area contributed by atoms with Gasteiger partial charge in [0.2, 0.25) is 0 Å². The summed E-state index contributed by atoms with van der Waals surface area (Å²) in [6.45, 7) is 4.93. The third kappa shape index (κ3) is 3.43. The van der Waals surface area contributed by atoms with Gasteiger partial charge in [-0.1, -0.05) is 11.6 Å². The van der Waals surface area contributed by atoms with Crippen molar-refractivity contribution < 1.29 is 14.7 Å². The fourth-order valence-electron chi connectivity index (χ4n) is 1.44. The molecule has 1 amide bonds. The third-order valence-electron chi connectivity index (χ3n) is 2.35. The van der Waals surface area contributed by atoms with Crippen LogP contribution in [-0.4, -0.2) is 39.0 Å². The van der Waals surface area contributed by atoms with Gasteiger partial charge in [-0.15, -0.1) is 0 Å². The number of carbonyl (C=O) groups excluding carboxylic acids is 1. The van der Waals surface area contributed by atoms with Crippen LogP contribution in [0.1, 0.15) is 31.1 Å². The number of hydrogen-bond acceptors (Lipinski definition) is 3. The average molecular weight is 271 g/mol. The van der Waals surface area contributed by atoms with E-state index in [0.29, 0.717) is 0 Å². The molecule has 1 N–H and O–H groups in total. The molecule has 0 unspecified atom stereocenters. The number of amides is 1. The maximum atomic E-state index is 12.3. The maximum Gasteiger partial charge on any atom is 0.323 e. The Balaban J connectivity index is 3.11. The predicted molar refractivity (Wildman–Crippen MR) is 67.7 cm³/mol. The normalized spacial score (nSPS) is 11.1. The molecule has 0 aliphatic carbocycles. The Hall–Kier alpha value is -1.62. The quantitative estimate of drug-likeness (QED) is 0.913. The molecule has 1 rings (SSSR count). The highest BCUT2D eigenvalue weighted by Gasteiger charge is 2.30. The van der Waals surface area contributed by atoms with Gasteiger partial charge in [-0.05, 0) is 26.8 Å². The smallest absolute Gasteiger partial charge is 0.323 e. The Labute approximate surface area is 110 Å². The summed E-state index contributed by atoms with van der Waals surface area (Å²) >= 11 is 5.89. The van der Waals surface area contributed by atoms with E-state index >= 15 is 0 Å². The molecule has 98 valence electrons. The van der Waals surface area contributed by atoms with Crippen molar-refractivity contribution in [2.45, 2.75) is 26.3 Å². The van der Waals surface area contributed by atoms with E-state index in [1.54, 1.807) is 20.8 Å². The molecule has 0 aliphatic rings. The van der Waals surface area contributed by atoms with E-state index in [9.17, 15) is 9.59 Å². The van der Waals surface area contributed by atoms with Crippen LogP contribution in [0.15, 0.2) is 18.5 Å². The lowest BCUT2D eigenvalue weighted by Gasteiger charge is -2.34. The minimum absolute atomic E-state index is 0.210. The lowest BCUT2D eigenvalue weighted by atomic mass is 10.0. The maximum absolute atomic E-state index is 12.3. The van der Waals surface area contributed by atoms with Crippen molar-refractivity contribution in [2.75, 3.05) is 6.54 Å². The predicted octanol–water partition coefficient (Wildman–Crippen LogP) is 2.06. The standard InChI is InChI=1S/C12H15ClN2O3/c1-12(2,3)15(7-10(16)17)11(18)8-4-5-14-6-9(8)13/h4-6H,7H2,1-3H3,(H,16,17). The topological polar surface area (TPSA) is 70.5 Å². The Kier molecular flexibility index (Phi) is 4.29. The molecule has 0 saturated heterocycles. The molecule has 0 fully saturated rings. The van der Waals surface area contributed by atoms with E-state index in [0.717, 1.165) is 0 Å². The van der Waals surface area contributed by atoms with Crippen molar-refractivity contribution in [1.29, 1.82) is 0 Å². The van der Waals surface area contributed by atoms with Crippen LogP contribution < -0.4 is 0 Å². The zero-order chi connectivity index (χ0) is 13.9. The fraction of sp³-hybridized carbons (Fsp3) is 0.417. The van der Waals surface area contributed by atoms with Crippen LogP contribution in [-0.2, 0) is 4.79 Å². The number of carboxylic acid groups (broad SMARTS) is 1. The minimum atomic E-state index is -1.07. The highest BCUT2D eigenvalue weighted by atomic mass is 35.5. The molecule has 0 atom stereocenters. The molecule has 0 radical (unpaired) electrons. The zero-order valence-electron chi connectivity index (χ0n) is 10.5. The van der Waals surface area contributed by atoms with E-state index in [4.69, 9.17) is 16.7 Å². The van der Waals surface area contributed by atoms with Gasteiger partial charge < -0.3 is 10.0 Å². The van der Waals surface area contributed by atoms with E-state index in [1.807, 2.05) is 0 Å². The molecule has 18 heavy (non-hydrogen) atoms. The third-order valence-corrected chi connectivity index (χ3v) is 2.65. The Morgan fingerprint density at radius 1 is 1.44 bits per heavy atom. The Bertz CT molecular complexity index is 469.